The van der Waals surface area contributed by atoms with Gasteiger partial charge in [-0.2, -0.15) is 0 Å². The number of amides is 1. The molecule has 2 N–H and O–H groups in total. The van der Waals surface area contributed by atoms with Gasteiger partial charge in [-0.1, -0.05) is 0 Å². The molecule has 104 valence electrons. The van der Waals surface area contributed by atoms with Gasteiger partial charge in [-0.15, -0.1) is 0 Å². The molecular formula is C12H16N2O5. The Morgan fingerprint density at radius 1 is 1.16 bits per heavy atom. The second-order valence-corrected chi connectivity index (χ2v) is 3.88. The van der Waals surface area contributed by atoms with Crippen molar-refractivity contribution in [3.8, 4) is 0 Å². The Hall–Kier alpha value is -2.31. The van der Waals surface area contributed by atoms with E-state index in [-0.39, 0.29) is 12.2 Å². The number of methoxy groups -OCH3 is 2. The monoisotopic (exact) mass is 268 g/mol. The van der Waals surface area contributed by atoms with Gasteiger partial charge in [0.15, 0.2) is 0 Å². The molecule has 0 aliphatic heterocycles. The fourth-order valence-corrected chi connectivity index (χ4v) is 1.70. The van der Waals surface area contributed by atoms with Gasteiger partial charge in [-0.25, -0.2) is 4.79 Å². The van der Waals surface area contributed by atoms with Crippen LogP contribution in [0.3, 0.4) is 0 Å². The van der Waals surface area contributed by atoms with Gasteiger partial charge in [-0.3, -0.25) is 9.59 Å². The van der Waals surface area contributed by atoms with Gasteiger partial charge in [0, 0.05) is 5.69 Å². The van der Waals surface area contributed by atoms with Crippen LogP contribution in [0.1, 0.15) is 32.1 Å². The third-order valence-electron chi connectivity index (χ3n) is 2.68. The zero-order valence-corrected chi connectivity index (χ0v) is 11.2. The van der Waals surface area contributed by atoms with Gasteiger partial charge in [-0.05, 0) is 19.4 Å². The van der Waals surface area contributed by atoms with Gasteiger partial charge in [0.2, 0.25) is 0 Å². The van der Waals surface area contributed by atoms with Crippen LogP contribution in [0.2, 0.25) is 0 Å². The normalized spacial score (nSPS) is 9.89. The molecule has 0 aliphatic rings. The van der Waals surface area contributed by atoms with Crippen molar-refractivity contribution in [2.24, 2.45) is 0 Å². The van der Waals surface area contributed by atoms with E-state index in [0.29, 0.717) is 16.8 Å². The summed E-state index contributed by atoms with van der Waals surface area (Å²) in [5, 5.41) is 2.39. The lowest BCUT2D eigenvalue weighted by Crippen LogP contribution is -2.30. The van der Waals surface area contributed by atoms with Crippen LogP contribution in [-0.4, -0.2) is 43.6 Å². The number of carbonyl (C=O) groups is 3. The van der Waals surface area contributed by atoms with Crippen molar-refractivity contribution in [3.63, 3.8) is 0 Å². The first kappa shape index (κ1) is 14.7. The van der Waals surface area contributed by atoms with E-state index in [1.54, 1.807) is 13.8 Å². The lowest BCUT2D eigenvalue weighted by molar-refractivity contribution is -0.139. The Morgan fingerprint density at radius 3 is 2.32 bits per heavy atom. The standard InChI is InChI=1S/C12H16N2O5/c1-6-9(12(17)19-4)7(2)14-10(6)11(16)13-5-8(15)18-3/h14H,5H2,1-4H3,(H,13,16). The van der Waals surface area contributed by atoms with Gasteiger partial charge >= 0.3 is 11.9 Å². The molecule has 0 aromatic carbocycles. The Kier molecular flexibility index (Phi) is 4.68. The van der Waals surface area contributed by atoms with Crippen LogP contribution in [0.25, 0.3) is 0 Å². The molecule has 0 bridgehead atoms. The minimum Gasteiger partial charge on any atom is -0.468 e. The first-order valence-electron chi connectivity index (χ1n) is 5.54. The molecule has 1 aromatic heterocycles. The Labute approximate surface area is 110 Å². The van der Waals surface area contributed by atoms with Crippen molar-refractivity contribution in [2.75, 3.05) is 20.8 Å². The number of aromatic nitrogens is 1. The molecular weight excluding hydrogens is 252 g/mol. The van der Waals surface area contributed by atoms with E-state index in [0.717, 1.165) is 0 Å². The van der Waals surface area contributed by atoms with E-state index in [2.05, 4.69) is 19.8 Å². The van der Waals surface area contributed by atoms with Gasteiger partial charge in [0.25, 0.3) is 5.91 Å². The highest BCUT2D eigenvalue weighted by Crippen LogP contribution is 2.18. The summed E-state index contributed by atoms with van der Waals surface area (Å²) in [4.78, 5) is 37.2. The van der Waals surface area contributed by atoms with E-state index < -0.39 is 17.8 Å². The molecule has 0 fully saturated rings. The maximum atomic E-state index is 11.9. The highest BCUT2D eigenvalue weighted by Gasteiger charge is 2.22. The van der Waals surface area contributed by atoms with Gasteiger partial charge in [0.05, 0.1) is 19.8 Å². The minimum atomic E-state index is -0.553. The number of carbonyl (C=O) groups excluding carboxylic acids is 3. The summed E-state index contributed by atoms with van der Waals surface area (Å²) in [6.07, 6.45) is 0. The number of esters is 2. The molecule has 1 rings (SSSR count). The Morgan fingerprint density at radius 2 is 1.79 bits per heavy atom. The number of hydrogen-bond acceptors (Lipinski definition) is 5. The highest BCUT2D eigenvalue weighted by molar-refractivity contribution is 6.01. The summed E-state index contributed by atoms with van der Waals surface area (Å²) in [5.74, 6) is -1.55. The molecule has 19 heavy (non-hydrogen) atoms. The Bertz CT molecular complexity index is 518. The second kappa shape index (κ2) is 6.03. The van der Waals surface area contributed by atoms with Crippen LogP contribution < -0.4 is 5.32 Å². The molecule has 7 heteroatoms. The van der Waals surface area contributed by atoms with Crippen LogP contribution in [-0.2, 0) is 14.3 Å². The minimum absolute atomic E-state index is 0.224. The zero-order valence-electron chi connectivity index (χ0n) is 11.2. The predicted octanol–water partition coefficient (Wildman–Crippen LogP) is 0.321. The molecule has 0 unspecified atom stereocenters. The number of hydrogen-bond donors (Lipinski definition) is 2. The average Bonchev–Trinajstić information content (AvgIpc) is 2.70. The highest BCUT2D eigenvalue weighted by atomic mass is 16.5. The third kappa shape index (κ3) is 3.12. The summed E-state index contributed by atoms with van der Waals surface area (Å²) in [6.45, 7) is 3.06. The molecule has 0 saturated heterocycles. The summed E-state index contributed by atoms with van der Waals surface area (Å²) in [5.41, 5.74) is 1.56. The first-order chi connectivity index (χ1) is 8.92. The largest absolute Gasteiger partial charge is 0.468 e. The first-order valence-corrected chi connectivity index (χ1v) is 5.54. The van der Waals surface area contributed by atoms with Crippen molar-refractivity contribution < 1.29 is 23.9 Å². The van der Waals surface area contributed by atoms with Gasteiger partial charge < -0.3 is 19.8 Å². The zero-order chi connectivity index (χ0) is 14.6. The van der Waals surface area contributed by atoms with Crippen LogP contribution in [0, 0.1) is 13.8 Å². The molecule has 0 saturated carbocycles. The number of aryl methyl sites for hydroxylation is 1. The molecule has 0 atom stereocenters. The van der Waals surface area contributed by atoms with Crippen LogP contribution in [0.4, 0.5) is 0 Å². The van der Waals surface area contributed by atoms with E-state index in [1.165, 1.54) is 14.2 Å². The van der Waals surface area contributed by atoms with E-state index in [1.807, 2.05) is 0 Å². The molecule has 7 nitrogen and oxygen atoms in total. The molecule has 0 aliphatic carbocycles. The van der Waals surface area contributed by atoms with Gasteiger partial charge in [0.1, 0.15) is 12.2 Å². The average molecular weight is 268 g/mol. The van der Waals surface area contributed by atoms with Crippen molar-refractivity contribution in [2.45, 2.75) is 13.8 Å². The summed E-state index contributed by atoms with van der Waals surface area (Å²) < 4.78 is 9.06. The smallest absolute Gasteiger partial charge is 0.339 e. The summed E-state index contributed by atoms with van der Waals surface area (Å²) in [6, 6.07) is 0. The Balaban J connectivity index is 2.93. The molecule has 0 spiro atoms. The second-order valence-electron chi connectivity index (χ2n) is 3.88. The van der Waals surface area contributed by atoms with Crippen molar-refractivity contribution in [1.29, 1.82) is 0 Å². The summed E-state index contributed by atoms with van der Waals surface area (Å²) in [7, 11) is 2.50. The quantitative estimate of drug-likeness (QED) is 0.766. The van der Waals surface area contributed by atoms with Crippen molar-refractivity contribution in [3.05, 3.63) is 22.5 Å². The molecule has 0 radical (unpaired) electrons. The van der Waals surface area contributed by atoms with Crippen LogP contribution in [0.5, 0.6) is 0 Å². The van der Waals surface area contributed by atoms with Crippen molar-refractivity contribution >= 4 is 17.8 Å². The maximum Gasteiger partial charge on any atom is 0.339 e. The molecule has 1 aromatic rings. The number of H-pyrrole nitrogens is 1. The number of aromatic amines is 1. The fourth-order valence-electron chi connectivity index (χ4n) is 1.70. The van der Waals surface area contributed by atoms with E-state index in [9.17, 15) is 14.4 Å². The van der Waals surface area contributed by atoms with Crippen LogP contribution in [0.15, 0.2) is 0 Å². The topological polar surface area (TPSA) is 97.5 Å². The van der Waals surface area contributed by atoms with Crippen molar-refractivity contribution in [1.82, 2.24) is 10.3 Å². The van der Waals surface area contributed by atoms with E-state index in [4.69, 9.17) is 0 Å². The number of rotatable bonds is 4. The number of nitrogens with one attached hydrogen (secondary N) is 2. The third-order valence-corrected chi connectivity index (χ3v) is 2.68. The lowest BCUT2D eigenvalue weighted by atomic mass is 10.1. The predicted molar refractivity (Wildman–Crippen MR) is 66.0 cm³/mol. The SMILES string of the molecule is COC(=O)CNC(=O)c1[nH]c(C)c(C(=O)OC)c1C. The molecule has 1 heterocycles. The van der Waals surface area contributed by atoms with Crippen LogP contribution >= 0.6 is 0 Å². The number of ether oxygens (including phenoxy) is 2. The lowest BCUT2D eigenvalue weighted by Gasteiger charge is -2.03. The fraction of sp³-hybridized carbons (Fsp3) is 0.417. The summed E-state index contributed by atoms with van der Waals surface area (Å²) >= 11 is 0. The molecule has 1 amide bonds. The maximum absolute atomic E-state index is 11.9. The van der Waals surface area contributed by atoms with E-state index >= 15 is 0 Å².